The first-order valence-corrected chi connectivity index (χ1v) is 4.69. The molecule has 5 nitrogen and oxygen atoms in total. The minimum Gasteiger partial charge on any atom is -0.273 e. The fourth-order valence-corrected chi connectivity index (χ4v) is 1.41. The fraction of sp³-hybridized carbons (Fsp3) is 0.444. The Morgan fingerprint density at radius 3 is 3.00 bits per heavy atom. The van der Waals surface area contributed by atoms with Crippen LogP contribution in [0.2, 0.25) is 0 Å². The maximum absolute atomic E-state index is 11.8. The second-order valence-electron chi connectivity index (χ2n) is 3.16. The third-order valence-corrected chi connectivity index (χ3v) is 2.14. The molecular formula is C9H12N4O. The maximum Gasteiger partial charge on any atom is 0.288 e. The number of amides is 1. The Kier molecular flexibility index (Phi) is 2.69. The average Bonchev–Trinajstić information content (AvgIpc) is 2.30. The topological polar surface area (TPSA) is 58.1 Å². The molecule has 1 amide bonds. The van der Waals surface area contributed by atoms with Crippen LogP contribution in [0.4, 0.5) is 0 Å². The van der Waals surface area contributed by atoms with E-state index in [1.165, 1.54) is 12.4 Å². The van der Waals surface area contributed by atoms with Crippen LogP contribution in [0.1, 0.15) is 23.3 Å². The van der Waals surface area contributed by atoms with Crippen molar-refractivity contribution in [1.29, 1.82) is 0 Å². The van der Waals surface area contributed by atoms with Gasteiger partial charge in [0.05, 0.1) is 6.20 Å². The summed E-state index contributed by atoms with van der Waals surface area (Å²) in [6.45, 7) is 1.60. The van der Waals surface area contributed by atoms with E-state index in [0.29, 0.717) is 5.69 Å². The van der Waals surface area contributed by atoms with E-state index in [0.717, 1.165) is 25.9 Å². The van der Waals surface area contributed by atoms with Gasteiger partial charge in [0.25, 0.3) is 5.91 Å². The van der Waals surface area contributed by atoms with Crippen molar-refractivity contribution in [2.75, 3.05) is 13.1 Å². The Morgan fingerprint density at radius 1 is 1.43 bits per heavy atom. The number of nitrogens with zero attached hydrogens (tertiary/aromatic N) is 3. The summed E-state index contributed by atoms with van der Waals surface area (Å²) in [5, 5.41) is 1.60. The van der Waals surface area contributed by atoms with Gasteiger partial charge in [-0.05, 0) is 12.8 Å². The highest BCUT2D eigenvalue weighted by Crippen LogP contribution is 2.03. The Labute approximate surface area is 82.1 Å². The number of hydrogen-bond donors (Lipinski definition) is 1. The number of carbonyl (C=O) groups excluding carboxylic acids is 1. The Balaban J connectivity index is 2.07. The average molecular weight is 192 g/mol. The molecule has 74 valence electrons. The summed E-state index contributed by atoms with van der Waals surface area (Å²) in [6.07, 6.45) is 6.72. The molecule has 0 spiro atoms. The lowest BCUT2D eigenvalue weighted by Gasteiger charge is -2.26. The van der Waals surface area contributed by atoms with Gasteiger partial charge in [-0.2, -0.15) is 0 Å². The standard InChI is InChI=1S/C9H12N4O/c14-9(8-7-10-4-5-11-8)13-6-2-1-3-12-13/h4-5,7,12H,1-3,6H2. The molecule has 0 bridgehead atoms. The molecule has 1 aromatic heterocycles. The van der Waals surface area contributed by atoms with Gasteiger partial charge in [-0.25, -0.2) is 10.4 Å². The van der Waals surface area contributed by atoms with E-state index in [1.807, 2.05) is 0 Å². The molecule has 14 heavy (non-hydrogen) atoms. The van der Waals surface area contributed by atoms with Gasteiger partial charge in [0, 0.05) is 25.5 Å². The van der Waals surface area contributed by atoms with Gasteiger partial charge in [-0.1, -0.05) is 0 Å². The van der Waals surface area contributed by atoms with Gasteiger partial charge in [0.15, 0.2) is 0 Å². The molecule has 0 aliphatic carbocycles. The summed E-state index contributed by atoms with van der Waals surface area (Å²) in [5.41, 5.74) is 3.42. The first-order chi connectivity index (χ1) is 6.88. The molecule has 1 N–H and O–H groups in total. The van der Waals surface area contributed by atoms with E-state index in [-0.39, 0.29) is 5.91 Å². The Hall–Kier alpha value is -1.49. The molecule has 1 saturated heterocycles. The molecule has 1 fully saturated rings. The highest BCUT2D eigenvalue weighted by molar-refractivity contribution is 5.91. The largest absolute Gasteiger partial charge is 0.288 e. The highest BCUT2D eigenvalue weighted by atomic mass is 16.2. The van der Waals surface area contributed by atoms with Crippen molar-refractivity contribution in [2.45, 2.75) is 12.8 Å². The summed E-state index contributed by atoms with van der Waals surface area (Å²) in [6, 6.07) is 0. The number of rotatable bonds is 1. The van der Waals surface area contributed by atoms with Crippen LogP contribution in [-0.4, -0.2) is 34.0 Å². The lowest BCUT2D eigenvalue weighted by Crippen LogP contribution is -2.47. The van der Waals surface area contributed by atoms with Crippen molar-refractivity contribution >= 4 is 5.91 Å². The van der Waals surface area contributed by atoms with E-state index < -0.39 is 0 Å². The summed E-state index contributed by atoms with van der Waals surface area (Å²) in [4.78, 5) is 19.6. The van der Waals surface area contributed by atoms with Crippen molar-refractivity contribution in [1.82, 2.24) is 20.4 Å². The van der Waals surface area contributed by atoms with Crippen LogP contribution in [0.3, 0.4) is 0 Å². The molecule has 0 radical (unpaired) electrons. The zero-order valence-electron chi connectivity index (χ0n) is 7.81. The molecule has 0 saturated carbocycles. The molecule has 1 aromatic rings. The lowest BCUT2D eigenvalue weighted by molar-refractivity contribution is 0.0604. The Morgan fingerprint density at radius 2 is 2.36 bits per heavy atom. The molecule has 0 unspecified atom stereocenters. The number of nitrogens with one attached hydrogen (secondary N) is 1. The van der Waals surface area contributed by atoms with Crippen molar-refractivity contribution < 1.29 is 4.79 Å². The van der Waals surface area contributed by atoms with Gasteiger partial charge >= 0.3 is 0 Å². The van der Waals surface area contributed by atoms with Crippen molar-refractivity contribution in [2.24, 2.45) is 0 Å². The predicted octanol–water partition coefficient (Wildman–Crippen LogP) is 0.217. The molecule has 2 rings (SSSR count). The summed E-state index contributed by atoms with van der Waals surface area (Å²) >= 11 is 0. The molecule has 0 atom stereocenters. The number of hydrazine groups is 1. The maximum atomic E-state index is 11.8. The molecule has 0 aromatic carbocycles. The fourth-order valence-electron chi connectivity index (χ4n) is 1.41. The second kappa shape index (κ2) is 4.15. The third-order valence-electron chi connectivity index (χ3n) is 2.14. The van der Waals surface area contributed by atoms with Crippen LogP contribution in [0.5, 0.6) is 0 Å². The van der Waals surface area contributed by atoms with Crippen molar-refractivity contribution in [3.05, 3.63) is 24.3 Å². The monoisotopic (exact) mass is 192 g/mol. The zero-order valence-corrected chi connectivity index (χ0v) is 7.81. The first kappa shape index (κ1) is 9.08. The molecule has 1 aliphatic rings. The van der Waals surface area contributed by atoms with Gasteiger partial charge in [0.2, 0.25) is 0 Å². The van der Waals surface area contributed by atoms with Gasteiger partial charge in [0.1, 0.15) is 5.69 Å². The SMILES string of the molecule is O=C(c1cnccn1)N1CCCCN1. The van der Waals surface area contributed by atoms with Crippen LogP contribution in [0, 0.1) is 0 Å². The van der Waals surface area contributed by atoms with Crippen molar-refractivity contribution in [3.63, 3.8) is 0 Å². The third kappa shape index (κ3) is 1.88. The minimum absolute atomic E-state index is 0.0993. The molecular weight excluding hydrogens is 180 g/mol. The lowest BCUT2D eigenvalue weighted by atomic mass is 10.2. The number of aromatic nitrogens is 2. The van der Waals surface area contributed by atoms with Crippen LogP contribution >= 0.6 is 0 Å². The van der Waals surface area contributed by atoms with Gasteiger partial charge < -0.3 is 0 Å². The smallest absolute Gasteiger partial charge is 0.273 e. The predicted molar refractivity (Wildman–Crippen MR) is 50.3 cm³/mol. The van der Waals surface area contributed by atoms with E-state index in [2.05, 4.69) is 15.4 Å². The minimum atomic E-state index is -0.0993. The van der Waals surface area contributed by atoms with Gasteiger partial charge in [-0.3, -0.25) is 14.8 Å². The van der Waals surface area contributed by atoms with E-state index in [9.17, 15) is 4.79 Å². The van der Waals surface area contributed by atoms with Crippen molar-refractivity contribution in [3.8, 4) is 0 Å². The Bertz CT molecular complexity index is 308. The van der Waals surface area contributed by atoms with Crippen LogP contribution in [-0.2, 0) is 0 Å². The first-order valence-electron chi connectivity index (χ1n) is 4.69. The zero-order chi connectivity index (χ0) is 9.80. The normalized spacial score (nSPS) is 16.7. The quantitative estimate of drug-likeness (QED) is 0.691. The van der Waals surface area contributed by atoms with E-state index in [4.69, 9.17) is 0 Å². The van der Waals surface area contributed by atoms with E-state index >= 15 is 0 Å². The number of hydrogen-bond acceptors (Lipinski definition) is 4. The second-order valence-corrected chi connectivity index (χ2v) is 3.16. The van der Waals surface area contributed by atoms with Gasteiger partial charge in [-0.15, -0.1) is 0 Å². The van der Waals surface area contributed by atoms with E-state index in [1.54, 1.807) is 11.2 Å². The molecule has 1 aliphatic heterocycles. The van der Waals surface area contributed by atoms with Crippen LogP contribution < -0.4 is 5.43 Å². The molecule has 5 heteroatoms. The summed E-state index contributed by atoms with van der Waals surface area (Å²) < 4.78 is 0. The summed E-state index contributed by atoms with van der Waals surface area (Å²) in [5.74, 6) is -0.0993. The molecule has 2 heterocycles. The highest BCUT2D eigenvalue weighted by Gasteiger charge is 2.18. The number of carbonyl (C=O) groups is 1. The summed E-state index contributed by atoms with van der Waals surface area (Å²) in [7, 11) is 0. The van der Waals surface area contributed by atoms with Crippen LogP contribution in [0.15, 0.2) is 18.6 Å². The van der Waals surface area contributed by atoms with Crippen LogP contribution in [0.25, 0.3) is 0 Å².